The maximum absolute atomic E-state index is 5.49. The predicted molar refractivity (Wildman–Crippen MR) is 56.2 cm³/mol. The number of hydrogen-bond donors (Lipinski definition) is 2. The van der Waals surface area contributed by atoms with E-state index in [1.165, 1.54) is 0 Å². The van der Waals surface area contributed by atoms with Gasteiger partial charge in [-0.25, -0.2) is 0 Å². The quantitative estimate of drug-likeness (QED) is 0.549. The monoisotopic (exact) mass is 194 g/mol. The summed E-state index contributed by atoms with van der Waals surface area (Å²) in [6.07, 6.45) is 7.26. The highest BCUT2D eigenvalue weighted by molar-refractivity contribution is 5.01. The molecular formula is C10H18N4. The molecule has 0 saturated heterocycles. The molecule has 1 aromatic heterocycles. The number of nitrogens with zero attached hydrogens (tertiary/aromatic N) is 2. The molecule has 1 heterocycles. The van der Waals surface area contributed by atoms with Crippen LogP contribution in [0.4, 0.5) is 0 Å². The summed E-state index contributed by atoms with van der Waals surface area (Å²) >= 11 is 0. The molecule has 3 N–H and O–H groups in total. The molecule has 4 heteroatoms. The van der Waals surface area contributed by atoms with Gasteiger partial charge in [-0.2, -0.15) is 0 Å². The van der Waals surface area contributed by atoms with Crippen LogP contribution in [-0.4, -0.2) is 9.97 Å². The topological polar surface area (TPSA) is 63.8 Å². The van der Waals surface area contributed by atoms with Crippen LogP contribution in [0.15, 0.2) is 18.6 Å². The van der Waals surface area contributed by atoms with E-state index in [0.717, 1.165) is 18.5 Å². The second-order valence-electron chi connectivity index (χ2n) is 3.60. The van der Waals surface area contributed by atoms with Crippen LogP contribution >= 0.6 is 0 Å². The molecule has 4 nitrogen and oxygen atoms in total. The van der Waals surface area contributed by atoms with E-state index in [-0.39, 0.29) is 6.04 Å². The van der Waals surface area contributed by atoms with E-state index < -0.39 is 0 Å². The van der Waals surface area contributed by atoms with Gasteiger partial charge >= 0.3 is 0 Å². The first-order valence-electron chi connectivity index (χ1n) is 5.00. The standard InChI is InChI=1S/C10H18N4/c1-3-8(2)6-9(14-11)10-7-12-4-5-13-10/h4-5,7-9,14H,3,6,11H2,1-2H3. The second-order valence-corrected chi connectivity index (χ2v) is 3.60. The summed E-state index contributed by atoms with van der Waals surface area (Å²) in [6.45, 7) is 4.38. The molecule has 2 atom stereocenters. The van der Waals surface area contributed by atoms with E-state index in [0.29, 0.717) is 5.92 Å². The Labute approximate surface area is 84.9 Å². The molecule has 0 saturated carbocycles. The third-order valence-electron chi connectivity index (χ3n) is 2.48. The number of hydrazine groups is 1. The molecule has 0 bridgehead atoms. The highest BCUT2D eigenvalue weighted by Gasteiger charge is 2.13. The fourth-order valence-corrected chi connectivity index (χ4v) is 1.33. The molecule has 78 valence electrons. The van der Waals surface area contributed by atoms with Crippen molar-refractivity contribution < 1.29 is 0 Å². The highest BCUT2D eigenvalue weighted by atomic mass is 15.2. The van der Waals surface area contributed by atoms with Crippen LogP contribution < -0.4 is 11.3 Å². The molecule has 0 fully saturated rings. The Morgan fingerprint density at radius 1 is 1.50 bits per heavy atom. The minimum Gasteiger partial charge on any atom is -0.271 e. The number of nitrogens with one attached hydrogen (secondary N) is 1. The lowest BCUT2D eigenvalue weighted by atomic mass is 9.98. The average Bonchev–Trinajstić information content (AvgIpc) is 2.26. The smallest absolute Gasteiger partial charge is 0.0769 e. The van der Waals surface area contributed by atoms with Gasteiger partial charge in [0.15, 0.2) is 0 Å². The van der Waals surface area contributed by atoms with Crippen molar-refractivity contribution in [1.82, 2.24) is 15.4 Å². The van der Waals surface area contributed by atoms with Crippen molar-refractivity contribution in [3.63, 3.8) is 0 Å². The Balaban J connectivity index is 2.63. The number of rotatable bonds is 5. The van der Waals surface area contributed by atoms with Gasteiger partial charge in [0, 0.05) is 12.4 Å². The van der Waals surface area contributed by atoms with Crippen molar-refractivity contribution in [3.8, 4) is 0 Å². The number of aromatic nitrogens is 2. The first kappa shape index (κ1) is 11.1. The lowest BCUT2D eigenvalue weighted by Crippen LogP contribution is -2.30. The van der Waals surface area contributed by atoms with Gasteiger partial charge in [0.25, 0.3) is 0 Å². The minimum atomic E-state index is 0.110. The highest BCUT2D eigenvalue weighted by Crippen LogP contribution is 2.19. The van der Waals surface area contributed by atoms with E-state index in [4.69, 9.17) is 5.84 Å². The van der Waals surface area contributed by atoms with Crippen molar-refractivity contribution in [2.45, 2.75) is 32.7 Å². The van der Waals surface area contributed by atoms with Gasteiger partial charge in [0.05, 0.1) is 17.9 Å². The van der Waals surface area contributed by atoms with Gasteiger partial charge < -0.3 is 0 Å². The van der Waals surface area contributed by atoms with E-state index in [1.807, 2.05) is 0 Å². The molecule has 1 aromatic rings. The SMILES string of the molecule is CCC(C)CC(NN)c1cnccn1. The van der Waals surface area contributed by atoms with Gasteiger partial charge in [-0.05, 0) is 12.3 Å². The van der Waals surface area contributed by atoms with E-state index >= 15 is 0 Å². The summed E-state index contributed by atoms with van der Waals surface area (Å²) in [7, 11) is 0. The lowest BCUT2D eigenvalue weighted by molar-refractivity contribution is 0.401. The molecule has 0 aliphatic rings. The Morgan fingerprint density at radius 2 is 2.29 bits per heavy atom. The van der Waals surface area contributed by atoms with Crippen LogP contribution in [-0.2, 0) is 0 Å². The molecular weight excluding hydrogens is 176 g/mol. The zero-order valence-corrected chi connectivity index (χ0v) is 8.77. The summed E-state index contributed by atoms with van der Waals surface area (Å²) < 4.78 is 0. The van der Waals surface area contributed by atoms with Gasteiger partial charge in [-0.1, -0.05) is 20.3 Å². The van der Waals surface area contributed by atoms with Gasteiger partial charge in [0.1, 0.15) is 0 Å². The maximum Gasteiger partial charge on any atom is 0.0769 e. The fourth-order valence-electron chi connectivity index (χ4n) is 1.33. The third kappa shape index (κ3) is 3.05. The molecule has 0 aliphatic heterocycles. The van der Waals surface area contributed by atoms with Gasteiger partial charge in [-0.3, -0.25) is 21.2 Å². The Hall–Kier alpha value is -1.00. The van der Waals surface area contributed by atoms with Crippen molar-refractivity contribution in [1.29, 1.82) is 0 Å². The summed E-state index contributed by atoms with van der Waals surface area (Å²) in [5.74, 6) is 6.13. The largest absolute Gasteiger partial charge is 0.271 e. The zero-order chi connectivity index (χ0) is 10.4. The lowest BCUT2D eigenvalue weighted by Gasteiger charge is -2.18. The fraction of sp³-hybridized carbons (Fsp3) is 0.600. The molecule has 0 spiro atoms. The molecule has 0 radical (unpaired) electrons. The summed E-state index contributed by atoms with van der Waals surface area (Å²) in [5.41, 5.74) is 3.69. The second kappa shape index (κ2) is 5.67. The van der Waals surface area contributed by atoms with Crippen LogP contribution in [0.5, 0.6) is 0 Å². The maximum atomic E-state index is 5.49. The summed E-state index contributed by atoms with van der Waals surface area (Å²) in [4.78, 5) is 8.26. The molecule has 2 unspecified atom stereocenters. The van der Waals surface area contributed by atoms with Gasteiger partial charge in [0.2, 0.25) is 0 Å². The van der Waals surface area contributed by atoms with Crippen molar-refractivity contribution >= 4 is 0 Å². The van der Waals surface area contributed by atoms with Gasteiger partial charge in [-0.15, -0.1) is 0 Å². The van der Waals surface area contributed by atoms with Crippen LogP contribution in [0.1, 0.15) is 38.4 Å². The van der Waals surface area contributed by atoms with Crippen LogP contribution in [0, 0.1) is 5.92 Å². The molecule has 14 heavy (non-hydrogen) atoms. The first-order valence-corrected chi connectivity index (χ1v) is 5.00. The molecule has 0 aliphatic carbocycles. The van der Waals surface area contributed by atoms with E-state index in [9.17, 15) is 0 Å². The van der Waals surface area contributed by atoms with Crippen molar-refractivity contribution in [2.75, 3.05) is 0 Å². The number of hydrogen-bond acceptors (Lipinski definition) is 4. The Bertz CT molecular complexity index is 250. The normalized spacial score (nSPS) is 15.1. The van der Waals surface area contributed by atoms with Crippen LogP contribution in [0.2, 0.25) is 0 Å². The molecule has 0 aromatic carbocycles. The third-order valence-corrected chi connectivity index (χ3v) is 2.48. The Morgan fingerprint density at radius 3 is 2.79 bits per heavy atom. The molecule has 0 amide bonds. The molecule has 1 rings (SSSR count). The van der Waals surface area contributed by atoms with Crippen LogP contribution in [0.3, 0.4) is 0 Å². The van der Waals surface area contributed by atoms with Crippen molar-refractivity contribution in [3.05, 3.63) is 24.3 Å². The van der Waals surface area contributed by atoms with Crippen molar-refractivity contribution in [2.24, 2.45) is 11.8 Å². The predicted octanol–water partition coefficient (Wildman–Crippen LogP) is 1.42. The summed E-state index contributed by atoms with van der Waals surface area (Å²) in [6, 6.07) is 0.110. The summed E-state index contributed by atoms with van der Waals surface area (Å²) in [5, 5.41) is 0. The Kier molecular flexibility index (Phi) is 4.49. The zero-order valence-electron chi connectivity index (χ0n) is 8.77. The van der Waals surface area contributed by atoms with E-state index in [1.54, 1.807) is 18.6 Å². The minimum absolute atomic E-state index is 0.110. The number of nitrogens with two attached hydrogens (primary N) is 1. The van der Waals surface area contributed by atoms with E-state index in [2.05, 4.69) is 29.2 Å². The first-order chi connectivity index (χ1) is 6.77. The van der Waals surface area contributed by atoms with Crippen LogP contribution in [0.25, 0.3) is 0 Å². The average molecular weight is 194 g/mol.